The number of nitrogens with one attached hydrogen (secondary N) is 1. The van der Waals surface area contributed by atoms with Gasteiger partial charge >= 0.3 is 0 Å². The summed E-state index contributed by atoms with van der Waals surface area (Å²) in [6.07, 6.45) is 1.06. The molecule has 0 aromatic heterocycles. The minimum absolute atomic E-state index is 0.235. The Balaban J connectivity index is 2.10. The molecule has 0 aliphatic heterocycles. The number of aryl methyl sites for hydroxylation is 1. The Hall–Kier alpha value is -1.39. The number of hydrogen-bond acceptors (Lipinski definition) is 2. The zero-order valence-electron chi connectivity index (χ0n) is 12.2. The molecule has 112 valence electrons. The first kappa shape index (κ1) is 16.0. The summed E-state index contributed by atoms with van der Waals surface area (Å²) in [5.74, 6) is 0.494. The molecule has 0 spiro atoms. The smallest absolute Gasteiger partial charge is 0.166 e. The second kappa shape index (κ2) is 7.57. The lowest BCUT2D eigenvalue weighted by Crippen LogP contribution is -2.13. The van der Waals surface area contributed by atoms with Crippen LogP contribution in [-0.4, -0.2) is 6.54 Å². The predicted molar refractivity (Wildman–Crippen MR) is 87.4 cm³/mol. The SMILES string of the molecule is CCCNCc1ccc(Oc2ccc(C)cc2Br)c(F)c1. The van der Waals surface area contributed by atoms with E-state index in [4.69, 9.17) is 4.74 Å². The molecule has 0 radical (unpaired) electrons. The van der Waals surface area contributed by atoms with Gasteiger partial charge in [0, 0.05) is 6.54 Å². The number of benzene rings is 2. The zero-order valence-corrected chi connectivity index (χ0v) is 13.8. The van der Waals surface area contributed by atoms with Crippen molar-refractivity contribution in [3.63, 3.8) is 0 Å². The van der Waals surface area contributed by atoms with E-state index in [0.29, 0.717) is 12.3 Å². The van der Waals surface area contributed by atoms with E-state index in [1.807, 2.05) is 31.2 Å². The van der Waals surface area contributed by atoms with Gasteiger partial charge in [-0.25, -0.2) is 4.39 Å². The van der Waals surface area contributed by atoms with Crippen molar-refractivity contribution in [2.45, 2.75) is 26.8 Å². The lowest BCUT2D eigenvalue weighted by Gasteiger charge is -2.10. The van der Waals surface area contributed by atoms with Crippen LogP contribution < -0.4 is 10.1 Å². The van der Waals surface area contributed by atoms with Gasteiger partial charge in [-0.05, 0) is 71.2 Å². The average Bonchev–Trinajstić information content (AvgIpc) is 2.44. The quantitative estimate of drug-likeness (QED) is 0.723. The molecule has 0 fully saturated rings. The molecule has 0 unspecified atom stereocenters. The fourth-order valence-corrected chi connectivity index (χ4v) is 2.53. The first-order valence-electron chi connectivity index (χ1n) is 7.03. The first-order chi connectivity index (χ1) is 10.1. The standard InChI is InChI=1S/C17H19BrFNO/c1-3-8-20-11-13-5-7-17(15(19)10-13)21-16-6-4-12(2)9-14(16)18/h4-7,9-10,20H,3,8,11H2,1-2H3. The van der Waals surface area contributed by atoms with Gasteiger partial charge in [-0.15, -0.1) is 0 Å². The van der Waals surface area contributed by atoms with Crippen LogP contribution in [0.4, 0.5) is 4.39 Å². The third-order valence-corrected chi connectivity index (χ3v) is 3.68. The largest absolute Gasteiger partial charge is 0.453 e. The van der Waals surface area contributed by atoms with Crippen LogP contribution in [-0.2, 0) is 6.54 Å². The Morgan fingerprint density at radius 2 is 1.90 bits per heavy atom. The van der Waals surface area contributed by atoms with Crippen molar-refractivity contribution in [1.82, 2.24) is 5.32 Å². The molecule has 0 aliphatic rings. The zero-order chi connectivity index (χ0) is 15.2. The maximum absolute atomic E-state index is 14.1. The van der Waals surface area contributed by atoms with Gasteiger partial charge in [0.1, 0.15) is 5.75 Å². The Morgan fingerprint density at radius 1 is 1.14 bits per heavy atom. The highest BCUT2D eigenvalue weighted by atomic mass is 79.9. The molecule has 0 saturated carbocycles. The number of ether oxygens (including phenoxy) is 1. The second-order valence-electron chi connectivity index (χ2n) is 4.98. The van der Waals surface area contributed by atoms with Gasteiger partial charge in [0.2, 0.25) is 0 Å². The number of rotatable bonds is 6. The van der Waals surface area contributed by atoms with E-state index >= 15 is 0 Å². The molecule has 0 amide bonds. The first-order valence-corrected chi connectivity index (χ1v) is 7.82. The molecular formula is C17H19BrFNO. The average molecular weight is 352 g/mol. The molecule has 2 aromatic rings. The van der Waals surface area contributed by atoms with Gasteiger partial charge in [0.25, 0.3) is 0 Å². The molecule has 0 aliphatic carbocycles. The molecule has 0 atom stereocenters. The van der Waals surface area contributed by atoms with E-state index < -0.39 is 0 Å². The topological polar surface area (TPSA) is 21.3 Å². The van der Waals surface area contributed by atoms with Crippen molar-refractivity contribution in [3.8, 4) is 11.5 Å². The minimum Gasteiger partial charge on any atom is -0.453 e. The van der Waals surface area contributed by atoms with E-state index in [0.717, 1.165) is 28.6 Å². The highest BCUT2D eigenvalue weighted by Gasteiger charge is 2.08. The maximum Gasteiger partial charge on any atom is 0.166 e. The molecule has 2 aromatic carbocycles. The van der Waals surface area contributed by atoms with Gasteiger partial charge in [0.05, 0.1) is 4.47 Å². The predicted octanol–water partition coefficient (Wildman–Crippen LogP) is 5.19. The van der Waals surface area contributed by atoms with Crippen molar-refractivity contribution in [2.24, 2.45) is 0 Å². The normalized spacial score (nSPS) is 10.7. The monoisotopic (exact) mass is 351 g/mol. The van der Waals surface area contributed by atoms with Gasteiger partial charge in [-0.3, -0.25) is 0 Å². The van der Waals surface area contributed by atoms with Crippen LogP contribution in [0.3, 0.4) is 0 Å². The summed E-state index contributed by atoms with van der Waals surface area (Å²) in [5, 5.41) is 3.25. The Morgan fingerprint density at radius 3 is 2.57 bits per heavy atom. The van der Waals surface area contributed by atoms with E-state index in [-0.39, 0.29) is 11.6 Å². The lowest BCUT2D eigenvalue weighted by atomic mass is 10.2. The molecule has 2 nitrogen and oxygen atoms in total. The fraction of sp³-hybridized carbons (Fsp3) is 0.294. The van der Waals surface area contributed by atoms with Crippen molar-refractivity contribution < 1.29 is 9.13 Å². The summed E-state index contributed by atoms with van der Waals surface area (Å²) in [4.78, 5) is 0. The Labute approximate surface area is 133 Å². The number of halogens is 2. The highest BCUT2D eigenvalue weighted by molar-refractivity contribution is 9.10. The summed E-state index contributed by atoms with van der Waals surface area (Å²) in [6, 6.07) is 10.8. The van der Waals surface area contributed by atoms with Crippen LogP contribution in [0, 0.1) is 12.7 Å². The molecule has 21 heavy (non-hydrogen) atoms. The molecule has 0 saturated heterocycles. The van der Waals surface area contributed by atoms with Crippen LogP contribution in [0.25, 0.3) is 0 Å². The van der Waals surface area contributed by atoms with Gasteiger partial charge in [0.15, 0.2) is 11.6 Å². The van der Waals surface area contributed by atoms with Crippen molar-refractivity contribution in [3.05, 3.63) is 57.8 Å². The molecule has 4 heteroatoms. The summed E-state index contributed by atoms with van der Waals surface area (Å²) in [5.41, 5.74) is 2.03. The minimum atomic E-state index is -0.349. The maximum atomic E-state index is 14.1. The van der Waals surface area contributed by atoms with Crippen molar-refractivity contribution in [2.75, 3.05) is 6.54 Å². The van der Waals surface area contributed by atoms with Crippen LogP contribution in [0.5, 0.6) is 11.5 Å². The van der Waals surface area contributed by atoms with Gasteiger partial charge < -0.3 is 10.1 Å². The van der Waals surface area contributed by atoms with E-state index in [2.05, 4.69) is 28.2 Å². The van der Waals surface area contributed by atoms with E-state index in [9.17, 15) is 4.39 Å². The molecule has 1 N–H and O–H groups in total. The third-order valence-electron chi connectivity index (χ3n) is 3.06. The van der Waals surface area contributed by atoms with Crippen molar-refractivity contribution in [1.29, 1.82) is 0 Å². The summed E-state index contributed by atoms with van der Waals surface area (Å²) in [7, 11) is 0. The van der Waals surface area contributed by atoms with Crippen LogP contribution in [0.2, 0.25) is 0 Å². The van der Waals surface area contributed by atoms with E-state index in [1.54, 1.807) is 6.07 Å². The van der Waals surface area contributed by atoms with Gasteiger partial charge in [-0.1, -0.05) is 19.1 Å². The van der Waals surface area contributed by atoms with Crippen molar-refractivity contribution >= 4 is 15.9 Å². The Bertz CT molecular complexity index is 616. The van der Waals surface area contributed by atoms with Crippen LogP contribution in [0.15, 0.2) is 40.9 Å². The second-order valence-corrected chi connectivity index (χ2v) is 5.83. The fourth-order valence-electron chi connectivity index (χ4n) is 1.95. The van der Waals surface area contributed by atoms with Crippen LogP contribution >= 0.6 is 15.9 Å². The Kier molecular flexibility index (Phi) is 5.76. The van der Waals surface area contributed by atoms with Crippen LogP contribution in [0.1, 0.15) is 24.5 Å². The summed E-state index contributed by atoms with van der Waals surface area (Å²) >= 11 is 3.43. The molecule has 2 rings (SSSR count). The van der Waals surface area contributed by atoms with Gasteiger partial charge in [-0.2, -0.15) is 0 Å². The third kappa shape index (κ3) is 4.55. The molecular weight excluding hydrogens is 333 g/mol. The highest BCUT2D eigenvalue weighted by Crippen LogP contribution is 2.31. The lowest BCUT2D eigenvalue weighted by molar-refractivity contribution is 0.439. The van der Waals surface area contributed by atoms with E-state index in [1.165, 1.54) is 6.07 Å². The number of hydrogen-bond donors (Lipinski definition) is 1. The summed E-state index contributed by atoms with van der Waals surface area (Å²) in [6.45, 7) is 5.69. The molecule has 0 heterocycles. The molecule has 0 bridgehead atoms. The summed E-state index contributed by atoms with van der Waals surface area (Å²) < 4.78 is 20.5.